The Morgan fingerprint density at radius 2 is 1.86 bits per heavy atom. The number of hydrogen-bond acceptors (Lipinski definition) is 6. The number of nitro groups is 1. The standard InChI is InChI=1S/C12H13F2NO6/c1-19-2-3-20-4-5-21-12(16)8-6-10(14)11(15(17)18)7-9(8)13/h6-7H,2-5H2,1H3. The minimum absolute atomic E-state index is 0.0617. The van der Waals surface area contributed by atoms with Crippen molar-refractivity contribution >= 4 is 11.7 Å². The summed E-state index contributed by atoms with van der Waals surface area (Å²) < 4.78 is 41.2. The lowest BCUT2D eigenvalue weighted by Crippen LogP contribution is -2.14. The lowest BCUT2D eigenvalue weighted by molar-refractivity contribution is -0.387. The number of hydrogen-bond donors (Lipinski definition) is 0. The van der Waals surface area contributed by atoms with Crippen LogP contribution >= 0.6 is 0 Å². The molecule has 1 aromatic rings. The van der Waals surface area contributed by atoms with E-state index in [2.05, 4.69) is 4.74 Å². The van der Waals surface area contributed by atoms with Gasteiger partial charge in [-0.05, 0) is 6.07 Å². The molecule has 0 radical (unpaired) electrons. The van der Waals surface area contributed by atoms with Crippen molar-refractivity contribution < 1.29 is 32.7 Å². The second-order valence-corrected chi connectivity index (χ2v) is 3.78. The maximum absolute atomic E-state index is 13.5. The number of rotatable bonds is 8. The highest BCUT2D eigenvalue weighted by molar-refractivity contribution is 5.90. The molecule has 0 spiro atoms. The summed E-state index contributed by atoms with van der Waals surface area (Å²) in [5, 5.41) is 10.4. The Hall–Kier alpha value is -2.13. The van der Waals surface area contributed by atoms with E-state index in [0.29, 0.717) is 25.3 Å². The van der Waals surface area contributed by atoms with Crippen LogP contribution in [0.3, 0.4) is 0 Å². The molecule has 0 heterocycles. The van der Waals surface area contributed by atoms with Crippen LogP contribution in [0.4, 0.5) is 14.5 Å². The molecule has 0 amide bonds. The Kier molecular flexibility index (Phi) is 6.63. The summed E-state index contributed by atoms with van der Waals surface area (Å²) in [5.41, 5.74) is -1.76. The molecule has 116 valence electrons. The summed E-state index contributed by atoms with van der Waals surface area (Å²) in [7, 11) is 1.50. The van der Waals surface area contributed by atoms with Crippen LogP contribution in [0.15, 0.2) is 12.1 Å². The molecule has 0 aliphatic rings. The van der Waals surface area contributed by atoms with Gasteiger partial charge in [0.25, 0.3) is 0 Å². The second kappa shape index (κ2) is 8.22. The maximum atomic E-state index is 13.5. The average Bonchev–Trinajstić information content (AvgIpc) is 2.44. The topological polar surface area (TPSA) is 87.9 Å². The number of esters is 1. The van der Waals surface area contributed by atoms with Gasteiger partial charge in [-0.2, -0.15) is 4.39 Å². The van der Waals surface area contributed by atoms with E-state index in [1.54, 1.807) is 0 Å². The van der Waals surface area contributed by atoms with Crippen molar-refractivity contribution in [1.82, 2.24) is 0 Å². The second-order valence-electron chi connectivity index (χ2n) is 3.78. The molecule has 0 fully saturated rings. The smallest absolute Gasteiger partial charge is 0.341 e. The van der Waals surface area contributed by atoms with E-state index in [9.17, 15) is 23.7 Å². The van der Waals surface area contributed by atoms with E-state index in [1.807, 2.05) is 0 Å². The molecule has 0 aliphatic carbocycles. The summed E-state index contributed by atoms with van der Waals surface area (Å²) in [5.74, 6) is -3.67. The van der Waals surface area contributed by atoms with E-state index in [1.165, 1.54) is 7.11 Å². The Labute approximate surface area is 118 Å². The van der Waals surface area contributed by atoms with Crippen LogP contribution in [0.5, 0.6) is 0 Å². The summed E-state index contributed by atoms with van der Waals surface area (Å²) in [6.07, 6.45) is 0. The Balaban J connectivity index is 2.58. The first-order valence-corrected chi connectivity index (χ1v) is 5.84. The fraction of sp³-hybridized carbons (Fsp3) is 0.417. The Morgan fingerprint density at radius 1 is 1.19 bits per heavy atom. The highest BCUT2D eigenvalue weighted by Gasteiger charge is 2.22. The molecular formula is C12H13F2NO6. The average molecular weight is 305 g/mol. The SMILES string of the molecule is COCCOCCOC(=O)c1cc(F)c([N+](=O)[O-])cc1F. The molecule has 0 aromatic heterocycles. The Morgan fingerprint density at radius 3 is 2.48 bits per heavy atom. The highest BCUT2D eigenvalue weighted by atomic mass is 19.1. The first-order chi connectivity index (χ1) is 9.97. The van der Waals surface area contributed by atoms with Crippen LogP contribution in [-0.4, -0.2) is 44.4 Å². The molecule has 0 saturated heterocycles. The quantitative estimate of drug-likeness (QED) is 0.314. The fourth-order valence-corrected chi connectivity index (χ4v) is 1.35. The molecular weight excluding hydrogens is 292 g/mol. The van der Waals surface area contributed by atoms with Crippen LogP contribution in [-0.2, 0) is 14.2 Å². The third-order valence-electron chi connectivity index (χ3n) is 2.35. The van der Waals surface area contributed by atoms with Crippen molar-refractivity contribution in [2.24, 2.45) is 0 Å². The van der Waals surface area contributed by atoms with Gasteiger partial charge < -0.3 is 14.2 Å². The first kappa shape index (κ1) is 16.9. The van der Waals surface area contributed by atoms with Crippen LogP contribution in [0.2, 0.25) is 0 Å². The number of ether oxygens (including phenoxy) is 3. The number of carbonyl (C=O) groups excluding carboxylic acids is 1. The first-order valence-electron chi connectivity index (χ1n) is 5.84. The van der Waals surface area contributed by atoms with E-state index < -0.39 is 33.8 Å². The summed E-state index contributed by atoms with van der Waals surface area (Å²) in [6.45, 7) is 0.567. The highest BCUT2D eigenvalue weighted by Crippen LogP contribution is 2.21. The molecule has 0 saturated carbocycles. The largest absolute Gasteiger partial charge is 0.460 e. The van der Waals surface area contributed by atoms with Gasteiger partial charge in [-0.25, -0.2) is 9.18 Å². The molecule has 0 bridgehead atoms. The number of nitrogens with zero attached hydrogens (tertiary/aromatic N) is 1. The number of carbonyl (C=O) groups is 1. The van der Waals surface area contributed by atoms with Crippen molar-refractivity contribution in [2.45, 2.75) is 0 Å². The minimum atomic E-state index is -1.32. The monoisotopic (exact) mass is 305 g/mol. The van der Waals surface area contributed by atoms with Crippen molar-refractivity contribution in [3.63, 3.8) is 0 Å². The molecule has 0 N–H and O–H groups in total. The molecule has 1 aromatic carbocycles. The van der Waals surface area contributed by atoms with Gasteiger partial charge in [0.15, 0.2) is 0 Å². The minimum Gasteiger partial charge on any atom is -0.460 e. The van der Waals surface area contributed by atoms with Crippen LogP contribution in [0, 0.1) is 21.7 Å². The van der Waals surface area contributed by atoms with Gasteiger partial charge in [0.05, 0.1) is 36.4 Å². The molecule has 9 heteroatoms. The van der Waals surface area contributed by atoms with E-state index in [4.69, 9.17) is 9.47 Å². The van der Waals surface area contributed by atoms with Crippen LogP contribution in [0.25, 0.3) is 0 Å². The molecule has 0 unspecified atom stereocenters. The zero-order chi connectivity index (χ0) is 15.8. The third-order valence-corrected chi connectivity index (χ3v) is 2.35. The van der Waals surface area contributed by atoms with Crippen LogP contribution < -0.4 is 0 Å². The van der Waals surface area contributed by atoms with E-state index in [0.717, 1.165) is 0 Å². The molecule has 21 heavy (non-hydrogen) atoms. The number of nitro benzene ring substituents is 1. The summed E-state index contributed by atoms with van der Waals surface area (Å²) >= 11 is 0. The van der Waals surface area contributed by atoms with Gasteiger partial charge in [0.1, 0.15) is 12.4 Å². The van der Waals surface area contributed by atoms with Crippen molar-refractivity contribution in [1.29, 1.82) is 0 Å². The third kappa shape index (κ3) is 5.04. The van der Waals surface area contributed by atoms with Crippen molar-refractivity contribution in [2.75, 3.05) is 33.5 Å². The Bertz CT molecular complexity index is 523. The lowest BCUT2D eigenvalue weighted by Gasteiger charge is -2.07. The van der Waals surface area contributed by atoms with Gasteiger partial charge in [-0.3, -0.25) is 10.1 Å². The molecule has 0 aliphatic heterocycles. The summed E-state index contributed by atoms with van der Waals surface area (Å²) in [4.78, 5) is 20.8. The van der Waals surface area contributed by atoms with Crippen molar-refractivity contribution in [3.05, 3.63) is 39.4 Å². The predicted molar refractivity (Wildman–Crippen MR) is 66.0 cm³/mol. The van der Waals surface area contributed by atoms with Crippen molar-refractivity contribution in [3.8, 4) is 0 Å². The molecule has 7 nitrogen and oxygen atoms in total. The molecule has 1 rings (SSSR count). The lowest BCUT2D eigenvalue weighted by atomic mass is 10.2. The van der Waals surface area contributed by atoms with Crippen LogP contribution in [0.1, 0.15) is 10.4 Å². The zero-order valence-electron chi connectivity index (χ0n) is 11.1. The van der Waals surface area contributed by atoms with Gasteiger partial charge >= 0.3 is 11.7 Å². The van der Waals surface area contributed by atoms with Gasteiger partial charge in [0.2, 0.25) is 5.82 Å². The summed E-state index contributed by atoms with van der Waals surface area (Å²) in [6, 6.07) is 0.766. The number of methoxy groups -OCH3 is 1. The normalized spacial score (nSPS) is 10.4. The fourth-order valence-electron chi connectivity index (χ4n) is 1.35. The van der Waals surface area contributed by atoms with E-state index >= 15 is 0 Å². The predicted octanol–water partition coefficient (Wildman–Crippen LogP) is 1.69. The van der Waals surface area contributed by atoms with Gasteiger partial charge in [0, 0.05) is 7.11 Å². The maximum Gasteiger partial charge on any atom is 0.341 e. The number of halogens is 2. The van der Waals surface area contributed by atoms with Gasteiger partial charge in [-0.15, -0.1) is 0 Å². The van der Waals surface area contributed by atoms with E-state index in [-0.39, 0.29) is 13.2 Å². The zero-order valence-corrected chi connectivity index (χ0v) is 11.1. The number of benzene rings is 1. The van der Waals surface area contributed by atoms with Gasteiger partial charge in [-0.1, -0.05) is 0 Å². The molecule has 0 atom stereocenters.